The molecular weight excluding hydrogens is 771 g/mol. The number of fused-ring (bicyclic) bond motifs is 1. The van der Waals surface area contributed by atoms with E-state index in [4.69, 9.17) is 40.6 Å². The second-order valence-electron chi connectivity index (χ2n) is 15.5. The molecule has 0 N–H and O–H groups in total. The van der Waals surface area contributed by atoms with Crippen LogP contribution >= 0.6 is 0 Å². The average molecular weight is 820 g/mol. The first kappa shape index (κ1) is 40.5. The topological polar surface area (TPSA) is 83.8 Å². The Balaban J connectivity index is 1.16. The van der Waals surface area contributed by atoms with Crippen molar-refractivity contribution in [1.82, 2.24) is 19.5 Å². The first-order valence-corrected chi connectivity index (χ1v) is 21.0. The number of hydroxylamine groups is 1. The minimum atomic E-state index is -1.04. The van der Waals surface area contributed by atoms with Crippen molar-refractivity contribution in [3.8, 4) is 5.88 Å². The van der Waals surface area contributed by atoms with Crippen molar-refractivity contribution in [2.24, 2.45) is 5.92 Å². The molecule has 1 saturated carbocycles. The maximum Gasteiger partial charge on any atom is 0.256 e. The van der Waals surface area contributed by atoms with Gasteiger partial charge in [0.2, 0.25) is 5.88 Å². The van der Waals surface area contributed by atoms with Crippen LogP contribution in [0.15, 0.2) is 200 Å². The monoisotopic (exact) mass is 819 g/mol. The molecule has 0 amide bonds. The van der Waals surface area contributed by atoms with E-state index in [1.807, 2.05) is 128 Å². The van der Waals surface area contributed by atoms with Gasteiger partial charge in [0.05, 0.1) is 45.4 Å². The molecule has 0 radical (unpaired) electrons. The van der Waals surface area contributed by atoms with Crippen molar-refractivity contribution < 1.29 is 19.0 Å². The molecule has 8 aromatic rings. The second-order valence-corrected chi connectivity index (χ2v) is 15.5. The van der Waals surface area contributed by atoms with E-state index in [2.05, 4.69) is 65.2 Å². The molecule has 1 fully saturated rings. The molecule has 6 aromatic carbocycles. The fourth-order valence-electron chi connectivity index (χ4n) is 8.65. The molecule has 9 heteroatoms. The lowest BCUT2D eigenvalue weighted by atomic mass is 9.76. The SMILES string of the molecule is C=C1C(COCc2ccccc2)C(OCc2ccccc2)CC1n1cnc2c(OCc3ccccc3)nc(N(OC)C(c3ccccc3)(c3ccccc3)c3ccccc3)nc21. The molecular formula is C53H49N5O4. The third-order valence-electron chi connectivity index (χ3n) is 11.7. The highest BCUT2D eigenvalue weighted by atomic mass is 16.7. The number of anilines is 1. The van der Waals surface area contributed by atoms with Crippen LogP contribution in [-0.2, 0) is 39.7 Å². The van der Waals surface area contributed by atoms with Gasteiger partial charge >= 0.3 is 0 Å². The maximum absolute atomic E-state index is 6.74. The molecule has 1 aliphatic rings. The van der Waals surface area contributed by atoms with E-state index < -0.39 is 5.54 Å². The minimum absolute atomic E-state index is 0.0858. The Morgan fingerprint density at radius 2 is 1.11 bits per heavy atom. The summed E-state index contributed by atoms with van der Waals surface area (Å²) >= 11 is 0. The number of ether oxygens (including phenoxy) is 3. The molecule has 62 heavy (non-hydrogen) atoms. The molecule has 9 nitrogen and oxygen atoms in total. The van der Waals surface area contributed by atoms with Crippen LogP contribution in [-0.4, -0.2) is 39.3 Å². The summed E-state index contributed by atoms with van der Waals surface area (Å²) in [4.78, 5) is 22.1. The van der Waals surface area contributed by atoms with Crippen molar-refractivity contribution in [2.45, 2.75) is 43.9 Å². The van der Waals surface area contributed by atoms with E-state index in [9.17, 15) is 0 Å². The van der Waals surface area contributed by atoms with Crippen molar-refractivity contribution in [3.05, 3.63) is 234 Å². The van der Waals surface area contributed by atoms with Crippen LogP contribution in [0.1, 0.15) is 45.8 Å². The Kier molecular flexibility index (Phi) is 12.3. The van der Waals surface area contributed by atoms with Crippen molar-refractivity contribution in [2.75, 3.05) is 18.8 Å². The van der Waals surface area contributed by atoms with Gasteiger partial charge in [-0.3, -0.25) is 4.84 Å². The Morgan fingerprint density at radius 1 is 0.629 bits per heavy atom. The van der Waals surface area contributed by atoms with Crippen LogP contribution in [0.5, 0.6) is 5.88 Å². The van der Waals surface area contributed by atoms with E-state index >= 15 is 0 Å². The fraction of sp³-hybridized carbons (Fsp3) is 0.189. The van der Waals surface area contributed by atoms with Gasteiger partial charge in [-0.1, -0.05) is 189 Å². The molecule has 9 rings (SSSR count). The first-order valence-electron chi connectivity index (χ1n) is 21.0. The summed E-state index contributed by atoms with van der Waals surface area (Å²) in [5.74, 6) is 0.544. The van der Waals surface area contributed by atoms with Gasteiger partial charge in [0.25, 0.3) is 5.95 Å². The Morgan fingerprint density at radius 3 is 1.63 bits per heavy atom. The smallest absolute Gasteiger partial charge is 0.256 e. The quantitative estimate of drug-likeness (QED) is 0.0510. The number of rotatable bonds is 17. The van der Waals surface area contributed by atoms with Gasteiger partial charge in [0, 0.05) is 5.92 Å². The lowest BCUT2D eigenvalue weighted by Gasteiger charge is -2.43. The second kappa shape index (κ2) is 18.8. The van der Waals surface area contributed by atoms with Crippen molar-refractivity contribution >= 4 is 17.1 Å². The van der Waals surface area contributed by atoms with Crippen LogP contribution in [0.25, 0.3) is 11.2 Å². The summed E-state index contributed by atoms with van der Waals surface area (Å²) in [5.41, 5.74) is 7.16. The van der Waals surface area contributed by atoms with Crippen molar-refractivity contribution in [3.63, 3.8) is 0 Å². The molecule has 310 valence electrons. The van der Waals surface area contributed by atoms with E-state index in [0.717, 1.165) is 39.0 Å². The largest absolute Gasteiger partial charge is 0.471 e. The molecule has 0 bridgehead atoms. The number of hydrogen-bond acceptors (Lipinski definition) is 8. The third-order valence-corrected chi connectivity index (χ3v) is 11.7. The normalized spacial score (nSPS) is 16.4. The Hall–Kier alpha value is -6.91. The zero-order chi connectivity index (χ0) is 42.1. The van der Waals surface area contributed by atoms with Crippen LogP contribution in [0.3, 0.4) is 0 Å². The number of imidazole rings is 1. The molecule has 2 aromatic heterocycles. The molecule has 3 atom stereocenters. The fourth-order valence-corrected chi connectivity index (χ4v) is 8.65. The molecule has 0 saturated heterocycles. The highest BCUT2D eigenvalue weighted by Gasteiger charge is 2.46. The predicted molar refractivity (Wildman–Crippen MR) is 242 cm³/mol. The Labute approximate surface area is 362 Å². The predicted octanol–water partition coefficient (Wildman–Crippen LogP) is 10.7. The number of aromatic nitrogens is 4. The molecule has 0 spiro atoms. The Bertz CT molecular complexity index is 2570. The molecule has 3 unspecified atom stereocenters. The minimum Gasteiger partial charge on any atom is -0.471 e. The van der Waals surface area contributed by atoms with Gasteiger partial charge in [-0.15, -0.1) is 0 Å². The number of benzene rings is 6. The van der Waals surface area contributed by atoms with Gasteiger partial charge in [-0.05, 0) is 45.4 Å². The zero-order valence-electron chi connectivity index (χ0n) is 34.7. The number of nitrogens with zero attached hydrogens (tertiary/aromatic N) is 5. The average Bonchev–Trinajstić information content (AvgIpc) is 3.90. The van der Waals surface area contributed by atoms with E-state index in [1.54, 1.807) is 12.2 Å². The van der Waals surface area contributed by atoms with E-state index in [1.165, 1.54) is 0 Å². The molecule has 2 heterocycles. The molecule has 0 aliphatic heterocycles. The van der Waals surface area contributed by atoms with Gasteiger partial charge in [0.1, 0.15) is 12.1 Å². The molecule has 1 aliphatic carbocycles. The van der Waals surface area contributed by atoms with Gasteiger partial charge in [-0.2, -0.15) is 15.0 Å². The maximum atomic E-state index is 6.74. The third kappa shape index (κ3) is 8.26. The van der Waals surface area contributed by atoms with Crippen LogP contribution in [0, 0.1) is 5.92 Å². The highest BCUT2D eigenvalue weighted by molar-refractivity contribution is 5.78. The number of hydrogen-bond donors (Lipinski definition) is 0. The summed E-state index contributed by atoms with van der Waals surface area (Å²) in [5, 5.41) is 1.80. The van der Waals surface area contributed by atoms with Crippen LogP contribution < -0.4 is 9.80 Å². The van der Waals surface area contributed by atoms with Gasteiger partial charge in [0.15, 0.2) is 11.2 Å². The van der Waals surface area contributed by atoms with E-state index in [-0.39, 0.29) is 24.7 Å². The van der Waals surface area contributed by atoms with Crippen LogP contribution in [0.4, 0.5) is 5.95 Å². The summed E-state index contributed by atoms with van der Waals surface area (Å²) in [7, 11) is 1.66. The summed E-state index contributed by atoms with van der Waals surface area (Å²) in [6.45, 7) is 6.41. The first-order chi connectivity index (χ1) is 30.6. The lowest BCUT2D eigenvalue weighted by molar-refractivity contribution is -0.0122. The van der Waals surface area contributed by atoms with Crippen LogP contribution in [0.2, 0.25) is 0 Å². The van der Waals surface area contributed by atoms with Gasteiger partial charge < -0.3 is 18.8 Å². The van der Waals surface area contributed by atoms with Crippen molar-refractivity contribution in [1.29, 1.82) is 0 Å². The highest BCUT2D eigenvalue weighted by Crippen LogP contribution is 2.46. The zero-order valence-corrected chi connectivity index (χ0v) is 34.7. The van der Waals surface area contributed by atoms with Gasteiger partial charge in [-0.25, -0.2) is 4.98 Å². The summed E-state index contributed by atoms with van der Waals surface area (Å²) < 4.78 is 21.9. The summed E-state index contributed by atoms with van der Waals surface area (Å²) in [6.07, 6.45) is 2.30. The lowest BCUT2D eigenvalue weighted by Crippen LogP contribution is -2.48. The van der Waals surface area contributed by atoms with E-state index in [0.29, 0.717) is 49.2 Å². The standard InChI is InChI=1S/C53H49N5O4/c1-39-46(37-60-34-40-21-9-3-10-22-40)48(61-35-41-23-11-4-12-24-41)33-47(39)57-38-54-49-50(57)55-52(56-51(49)62-36-42-25-13-5-14-26-42)58(59-2)53(43-27-15-6-16-28-43,44-29-17-7-18-30-44)45-31-19-8-20-32-45/h3-32,38,46-48H,1,33-37H2,2H3. The summed E-state index contributed by atoms with van der Waals surface area (Å²) in [6, 6.07) is 61.3.